The number of allylic oxidation sites excluding steroid dienone is 9. The Morgan fingerprint density at radius 2 is 0.595 bits per heavy atom. The number of aliphatic hydroxyl groups is 2. The maximum atomic E-state index is 12.5. The Hall–Kier alpha value is -2.44. The summed E-state index contributed by atoms with van der Waals surface area (Å²) in [6, 6.07) is -0.628. The lowest BCUT2D eigenvalue weighted by atomic mass is 10.0. The fourth-order valence-electron chi connectivity index (χ4n) is 11.5. The molecule has 0 spiro atoms. The molecule has 2 atom stereocenters. The number of amides is 1. The minimum Gasteiger partial charge on any atom is -0.466 e. The van der Waals surface area contributed by atoms with Crippen LogP contribution in [0.3, 0.4) is 0 Å². The molecular formula is C78H145NO5. The number of nitrogens with one attached hydrogen (secondary N) is 1. The number of esters is 1. The first-order chi connectivity index (χ1) is 41.5. The molecule has 0 saturated carbocycles. The maximum absolute atomic E-state index is 12.5. The molecule has 0 aliphatic carbocycles. The van der Waals surface area contributed by atoms with Gasteiger partial charge in [0.15, 0.2) is 0 Å². The molecule has 0 aliphatic rings. The molecule has 0 saturated heterocycles. The minimum absolute atomic E-state index is 0.000443. The van der Waals surface area contributed by atoms with Crippen LogP contribution < -0.4 is 5.32 Å². The summed E-state index contributed by atoms with van der Waals surface area (Å²) in [6.07, 6.45) is 97.5. The maximum Gasteiger partial charge on any atom is 0.305 e. The number of aliphatic hydroxyl groups excluding tert-OH is 2. The largest absolute Gasteiger partial charge is 0.466 e. The van der Waals surface area contributed by atoms with Gasteiger partial charge in [-0.25, -0.2) is 0 Å². The van der Waals surface area contributed by atoms with Gasteiger partial charge < -0.3 is 20.3 Å². The van der Waals surface area contributed by atoms with Crippen molar-refractivity contribution >= 4 is 11.9 Å². The summed E-state index contributed by atoms with van der Waals surface area (Å²) in [5.41, 5.74) is 0. The Balaban J connectivity index is 3.41. The smallest absolute Gasteiger partial charge is 0.305 e. The number of hydrogen-bond acceptors (Lipinski definition) is 5. The molecule has 0 aromatic carbocycles. The molecule has 0 rings (SSSR count). The lowest BCUT2D eigenvalue weighted by molar-refractivity contribution is -0.143. The number of unbranched alkanes of at least 4 members (excludes halogenated alkanes) is 51. The van der Waals surface area contributed by atoms with Gasteiger partial charge in [0.25, 0.3) is 0 Å². The normalized spacial score (nSPS) is 12.9. The minimum atomic E-state index is -0.845. The number of hydrogen-bond donors (Lipinski definition) is 3. The molecule has 492 valence electrons. The lowest BCUT2D eigenvalue weighted by Crippen LogP contribution is -2.45. The molecule has 0 aromatic rings. The monoisotopic (exact) mass is 1180 g/mol. The van der Waals surface area contributed by atoms with E-state index in [1.165, 1.54) is 315 Å². The van der Waals surface area contributed by atoms with Crippen LogP contribution in [-0.4, -0.2) is 47.4 Å². The van der Waals surface area contributed by atoms with Gasteiger partial charge in [-0.2, -0.15) is 0 Å². The average Bonchev–Trinajstić information content (AvgIpc) is 3.51. The van der Waals surface area contributed by atoms with Crippen LogP contribution in [0.2, 0.25) is 0 Å². The van der Waals surface area contributed by atoms with Gasteiger partial charge in [-0.15, -0.1) is 0 Å². The van der Waals surface area contributed by atoms with Crippen LogP contribution >= 0.6 is 0 Å². The van der Waals surface area contributed by atoms with Gasteiger partial charge >= 0.3 is 5.97 Å². The van der Waals surface area contributed by atoms with Crippen molar-refractivity contribution in [2.45, 2.75) is 411 Å². The van der Waals surface area contributed by atoms with Crippen LogP contribution in [-0.2, 0) is 14.3 Å². The van der Waals surface area contributed by atoms with Gasteiger partial charge in [-0.1, -0.05) is 351 Å². The molecule has 0 fully saturated rings. The van der Waals surface area contributed by atoms with Gasteiger partial charge in [-0.3, -0.25) is 9.59 Å². The van der Waals surface area contributed by atoms with Crippen molar-refractivity contribution in [3.8, 4) is 0 Å². The number of ether oxygens (including phenoxy) is 1. The van der Waals surface area contributed by atoms with Gasteiger partial charge in [0.2, 0.25) is 5.91 Å². The van der Waals surface area contributed by atoms with Gasteiger partial charge in [-0.05, 0) is 96.3 Å². The van der Waals surface area contributed by atoms with Crippen LogP contribution in [0.1, 0.15) is 399 Å². The molecule has 0 bridgehead atoms. The number of rotatable bonds is 70. The van der Waals surface area contributed by atoms with Gasteiger partial charge in [0.1, 0.15) is 0 Å². The van der Waals surface area contributed by atoms with Crippen LogP contribution in [0.15, 0.2) is 60.8 Å². The highest BCUT2D eigenvalue weighted by Gasteiger charge is 2.18. The molecule has 2 unspecified atom stereocenters. The summed E-state index contributed by atoms with van der Waals surface area (Å²) in [7, 11) is 0. The summed E-state index contributed by atoms with van der Waals surface area (Å²) in [4.78, 5) is 24.6. The zero-order valence-corrected chi connectivity index (χ0v) is 56.4. The molecular weight excluding hydrogens is 1030 g/mol. The predicted octanol–water partition coefficient (Wildman–Crippen LogP) is 24.6. The fraction of sp³-hybridized carbons (Fsp3) is 0.846. The molecule has 0 radical (unpaired) electrons. The van der Waals surface area contributed by atoms with E-state index in [0.717, 1.165) is 57.8 Å². The number of carbonyl (C=O) groups excluding carboxylic acids is 2. The van der Waals surface area contributed by atoms with E-state index in [0.29, 0.717) is 19.4 Å². The van der Waals surface area contributed by atoms with Crippen LogP contribution in [0, 0.1) is 0 Å². The highest BCUT2D eigenvalue weighted by atomic mass is 16.5. The van der Waals surface area contributed by atoms with E-state index in [1.807, 2.05) is 6.08 Å². The molecule has 3 N–H and O–H groups in total. The standard InChI is InChI=1S/C78H145NO5/c1-3-5-7-9-11-13-15-17-19-21-39-42-46-50-54-58-62-66-70-76(81)75(74-80)79-77(82)71-67-63-59-55-51-47-43-40-37-35-33-31-29-27-25-23-22-24-26-28-30-32-34-36-38-41-45-49-53-57-61-65-69-73-84-78(83)72-68-64-60-56-52-48-44-20-18-16-14-12-10-8-6-4-2/h14,16,20,26,28,32,34,44,66,70,75-76,80-81H,3-13,15,17-19,21-25,27,29-31,33,35-43,45-65,67-69,71-74H2,1-2H3,(H,79,82)/b16-14-,28-26-,34-32-,44-20-,70-66+. The Labute approximate surface area is 524 Å². The van der Waals surface area contributed by atoms with Crippen molar-refractivity contribution < 1.29 is 24.5 Å². The highest BCUT2D eigenvalue weighted by molar-refractivity contribution is 5.76. The van der Waals surface area contributed by atoms with Crippen molar-refractivity contribution in [1.29, 1.82) is 0 Å². The van der Waals surface area contributed by atoms with Gasteiger partial charge in [0.05, 0.1) is 25.4 Å². The molecule has 6 nitrogen and oxygen atoms in total. The van der Waals surface area contributed by atoms with E-state index in [-0.39, 0.29) is 18.5 Å². The molecule has 6 heteroatoms. The molecule has 1 amide bonds. The Bertz CT molecular complexity index is 1450. The van der Waals surface area contributed by atoms with E-state index in [9.17, 15) is 19.8 Å². The predicted molar refractivity (Wildman–Crippen MR) is 370 cm³/mol. The topological polar surface area (TPSA) is 95.9 Å². The third kappa shape index (κ3) is 68.7. The summed E-state index contributed by atoms with van der Waals surface area (Å²) in [5, 5.41) is 23.2. The molecule has 0 aromatic heterocycles. The van der Waals surface area contributed by atoms with Crippen molar-refractivity contribution in [1.82, 2.24) is 5.32 Å². The summed E-state index contributed by atoms with van der Waals surface area (Å²) < 4.78 is 5.49. The second-order valence-corrected chi connectivity index (χ2v) is 25.6. The zero-order chi connectivity index (χ0) is 60.6. The van der Waals surface area contributed by atoms with Crippen LogP contribution in [0.5, 0.6) is 0 Å². The first-order valence-corrected chi connectivity index (χ1v) is 37.6. The third-order valence-electron chi connectivity index (χ3n) is 17.3. The molecule has 84 heavy (non-hydrogen) atoms. The Morgan fingerprint density at radius 1 is 0.333 bits per heavy atom. The van der Waals surface area contributed by atoms with E-state index in [4.69, 9.17) is 4.74 Å². The van der Waals surface area contributed by atoms with Gasteiger partial charge in [0, 0.05) is 12.8 Å². The summed E-state index contributed by atoms with van der Waals surface area (Å²) in [6.45, 7) is 4.91. The molecule has 0 aliphatic heterocycles. The Kier molecular flexibility index (Phi) is 70.9. The van der Waals surface area contributed by atoms with Crippen molar-refractivity contribution in [3.63, 3.8) is 0 Å². The second kappa shape index (κ2) is 73.0. The van der Waals surface area contributed by atoms with Crippen molar-refractivity contribution in [2.75, 3.05) is 13.2 Å². The quantitative estimate of drug-likeness (QED) is 0.0320. The van der Waals surface area contributed by atoms with E-state index < -0.39 is 12.1 Å². The second-order valence-electron chi connectivity index (χ2n) is 25.6. The van der Waals surface area contributed by atoms with Crippen molar-refractivity contribution in [2.24, 2.45) is 0 Å². The first-order valence-electron chi connectivity index (χ1n) is 37.6. The molecule has 0 heterocycles. The van der Waals surface area contributed by atoms with E-state index >= 15 is 0 Å². The third-order valence-corrected chi connectivity index (χ3v) is 17.3. The summed E-state index contributed by atoms with van der Waals surface area (Å²) >= 11 is 0. The fourth-order valence-corrected chi connectivity index (χ4v) is 11.5. The van der Waals surface area contributed by atoms with E-state index in [2.05, 4.69) is 67.8 Å². The SMILES string of the molecule is CCCCCC/C=C\C/C=C\CCCCCCCC(=O)OCCCCCCCCCCC/C=C\C/C=C\CCCCCCCCCCCCCCCCCCCC(=O)NC(CO)C(O)/C=C/CCCCCCCCCCCCCCCCCC. The summed E-state index contributed by atoms with van der Waals surface area (Å²) in [5.74, 6) is -0.0630. The number of carbonyl (C=O) groups is 2. The highest BCUT2D eigenvalue weighted by Crippen LogP contribution is 2.18. The van der Waals surface area contributed by atoms with E-state index in [1.54, 1.807) is 6.08 Å². The van der Waals surface area contributed by atoms with Crippen LogP contribution in [0.25, 0.3) is 0 Å². The van der Waals surface area contributed by atoms with Crippen LogP contribution in [0.4, 0.5) is 0 Å². The first kappa shape index (κ1) is 81.6. The lowest BCUT2D eigenvalue weighted by Gasteiger charge is -2.20. The Morgan fingerprint density at radius 3 is 0.917 bits per heavy atom. The average molecular weight is 1180 g/mol. The zero-order valence-electron chi connectivity index (χ0n) is 56.4. The van der Waals surface area contributed by atoms with Crippen molar-refractivity contribution in [3.05, 3.63) is 60.8 Å².